The number of carbonyl (C=O) groups is 1. The van der Waals surface area contributed by atoms with E-state index >= 15 is 0 Å². The molecule has 0 aromatic carbocycles. The molecular weight excluding hydrogens is 144 g/mol. The van der Waals surface area contributed by atoms with Gasteiger partial charge in [0.1, 0.15) is 5.60 Å². The fourth-order valence-electron chi connectivity index (χ4n) is 0.849. The number of hydrogen-bond acceptors (Lipinski definition) is 3. The summed E-state index contributed by atoms with van der Waals surface area (Å²) >= 11 is 0. The molecule has 0 bridgehead atoms. The van der Waals surface area contributed by atoms with Crippen LogP contribution in [0.5, 0.6) is 0 Å². The Hall–Kier alpha value is -0.670. The number of carbonyl (C=O) groups excluding carboxylic acids is 1. The highest BCUT2D eigenvalue weighted by atomic mass is 16.3. The lowest BCUT2D eigenvalue weighted by molar-refractivity contribution is -0.134. The lowest BCUT2D eigenvalue weighted by Gasteiger charge is -2.21. The first-order valence-electron chi connectivity index (χ1n) is 3.61. The van der Waals surface area contributed by atoms with Crippen molar-refractivity contribution in [1.29, 1.82) is 0 Å². The summed E-state index contributed by atoms with van der Waals surface area (Å²) in [5, 5.41) is 18.0. The Morgan fingerprint density at radius 2 is 2.27 bits per heavy atom. The van der Waals surface area contributed by atoms with Gasteiger partial charge in [0.05, 0.1) is 0 Å². The third kappa shape index (κ3) is 2.44. The van der Waals surface area contributed by atoms with Crippen molar-refractivity contribution >= 4 is 5.78 Å². The molecule has 0 aliphatic heterocycles. The van der Waals surface area contributed by atoms with Gasteiger partial charge in [0.2, 0.25) is 0 Å². The maximum absolute atomic E-state index is 11.0. The first-order valence-corrected chi connectivity index (χ1v) is 3.61. The molecule has 0 saturated carbocycles. The summed E-state index contributed by atoms with van der Waals surface area (Å²) in [6.07, 6.45) is 1.46. The first kappa shape index (κ1) is 10.3. The average Bonchev–Trinajstić information content (AvgIpc) is 2.03. The van der Waals surface area contributed by atoms with Gasteiger partial charge in [-0.3, -0.25) is 4.79 Å². The van der Waals surface area contributed by atoms with Crippen LogP contribution in [-0.2, 0) is 4.79 Å². The van der Waals surface area contributed by atoms with E-state index in [1.165, 1.54) is 0 Å². The van der Waals surface area contributed by atoms with Gasteiger partial charge in [-0.1, -0.05) is 13.5 Å². The molecule has 2 N–H and O–H groups in total. The fourth-order valence-corrected chi connectivity index (χ4v) is 0.849. The van der Waals surface area contributed by atoms with E-state index in [0.717, 1.165) is 6.08 Å². The molecule has 11 heavy (non-hydrogen) atoms. The molecule has 1 atom stereocenters. The quantitative estimate of drug-likeness (QED) is 0.564. The summed E-state index contributed by atoms with van der Waals surface area (Å²) in [6.45, 7) is 4.77. The Labute approximate surface area is 66.4 Å². The van der Waals surface area contributed by atoms with Crippen molar-refractivity contribution < 1.29 is 15.0 Å². The van der Waals surface area contributed by atoms with Gasteiger partial charge < -0.3 is 10.2 Å². The third-order valence-corrected chi connectivity index (χ3v) is 1.75. The van der Waals surface area contributed by atoms with Crippen molar-refractivity contribution in [2.75, 3.05) is 6.61 Å². The van der Waals surface area contributed by atoms with E-state index in [1.807, 2.05) is 0 Å². The topological polar surface area (TPSA) is 57.5 Å². The summed E-state index contributed by atoms with van der Waals surface area (Å²) in [5.74, 6) is -0.422. The third-order valence-electron chi connectivity index (χ3n) is 1.75. The van der Waals surface area contributed by atoms with Gasteiger partial charge in [-0.2, -0.15) is 0 Å². The molecule has 0 aromatic heterocycles. The smallest absolute Gasteiger partial charge is 0.186 e. The monoisotopic (exact) mass is 158 g/mol. The minimum Gasteiger partial charge on any atom is -0.396 e. The van der Waals surface area contributed by atoms with Crippen LogP contribution in [0, 0.1) is 0 Å². The Balaban J connectivity index is 4.31. The molecule has 0 rings (SSSR count). The largest absolute Gasteiger partial charge is 0.396 e. The summed E-state index contributed by atoms with van der Waals surface area (Å²) in [6, 6.07) is 0. The maximum atomic E-state index is 11.0. The van der Waals surface area contributed by atoms with Crippen molar-refractivity contribution in [2.24, 2.45) is 0 Å². The molecule has 0 aliphatic carbocycles. The van der Waals surface area contributed by atoms with Crippen LogP contribution in [-0.4, -0.2) is 28.2 Å². The Morgan fingerprint density at radius 1 is 1.73 bits per heavy atom. The van der Waals surface area contributed by atoms with Crippen LogP contribution in [0.4, 0.5) is 0 Å². The number of aliphatic hydroxyl groups is 2. The van der Waals surface area contributed by atoms with Gasteiger partial charge >= 0.3 is 0 Å². The molecule has 0 saturated heterocycles. The average molecular weight is 158 g/mol. The summed E-state index contributed by atoms with van der Waals surface area (Å²) < 4.78 is 0. The van der Waals surface area contributed by atoms with E-state index in [-0.39, 0.29) is 13.0 Å². The van der Waals surface area contributed by atoms with E-state index < -0.39 is 11.4 Å². The number of rotatable bonds is 5. The summed E-state index contributed by atoms with van der Waals surface area (Å²) in [4.78, 5) is 11.0. The van der Waals surface area contributed by atoms with Crippen LogP contribution < -0.4 is 0 Å². The van der Waals surface area contributed by atoms with Crippen molar-refractivity contribution in [3.05, 3.63) is 12.7 Å². The Morgan fingerprint density at radius 3 is 2.55 bits per heavy atom. The predicted molar refractivity (Wildman–Crippen MR) is 42.1 cm³/mol. The van der Waals surface area contributed by atoms with Crippen LogP contribution in [0.1, 0.15) is 19.8 Å². The van der Waals surface area contributed by atoms with Gasteiger partial charge in [-0.05, 0) is 12.5 Å². The number of aliphatic hydroxyl groups excluding tert-OH is 1. The second-order valence-corrected chi connectivity index (χ2v) is 2.43. The first-order chi connectivity index (χ1) is 5.10. The van der Waals surface area contributed by atoms with Crippen LogP contribution in [0.15, 0.2) is 12.7 Å². The second-order valence-electron chi connectivity index (χ2n) is 2.43. The fraction of sp³-hybridized carbons (Fsp3) is 0.625. The Bertz CT molecular complexity index is 153. The standard InChI is InChI=1S/C8H14O3/c1-3-7(10)8(11,4-2)5-6-9/h3,9,11H,1,4-6H2,2H3. The van der Waals surface area contributed by atoms with Gasteiger partial charge in [-0.25, -0.2) is 0 Å². The molecular formula is C8H14O3. The minimum atomic E-state index is -1.41. The van der Waals surface area contributed by atoms with Gasteiger partial charge in [0.25, 0.3) is 0 Å². The van der Waals surface area contributed by atoms with Crippen molar-refractivity contribution in [1.82, 2.24) is 0 Å². The van der Waals surface area contributed by atoms with E-state index in [0.29, 0.717) is 6.42 Å². The molecule has 1 unspecified atom stereocenters. The number of ketones is 1. The van der Waals surface area contributed by atoms with Crippen LogP contribution in [0.2, 0.25) is 0 Å². The molecule has 0 heterocycles. The highest BCUT2D eigenvalue weighted by Crippen LogP contribution is 2.15. The Kier molecular flexibility index (Phi) is 4.00. The highest BCUT2D eigenvalue weighted by molar-refractivity contribution is 5.96. The zero-order valence-electron chi connectivity index (χ0n) is 6.71. The second kappa shape index (κ2) is 4.26. The molecule has 3 heteroatoms. The van der Waals surface area contributed by atoms with E-state index in [4.69, 9.17) is 5.11 Å². The zero-order chi connectivity index (χ0) is 8.91. The van der Waals surface area contributed by atoms with Crippen molar-refractivity contribution in [3.8, 4) is 0 Å². The minimum absolute atomic E-state index is 0.0777. The molecule has 64 valence electrons. The zero-order valence-corrected chi connectivity index (χ0v) is 6.71. The molecule has 0 spiro atoms. The molecule has 3 nitrogen and oxygen atoms in total. The van der Waals surface area contributed by atoms with Gasteiger partial charge in [-0.15, -0.1) is 0 Å². The molecule has 0 fully saturated rings. The van der Waals surface area contributed by atoms with Crippen molar-refractivity contribution in [3.63, 3.8) is 0 Å². The normalized spacial score (nSPS) is 15.5. The predicted octanol–water partition coefficient (Wildman–Crippen LogP) is 0.265. The SMILES string of the molecule is C=CC(=O)C(O)(CC)CCO. The maximum Gasteiger partial charge on any atom is 0.186 e. The molecule has 0 amide bonds. The summed E-state index contributed by atoms with van der Waals surface area (Å²) in [7, 11) is 0. The van der Waals surface area contributed by atoms with E-state index in [9.17, 15) is 9.90 Å². The molecule has 0 radical (unpaired) electrons. The van der Waals surface area contributed by atoms with E-state index in [1.54, 1.807) is 6.92 Å². The lowest BCUT2D eigenvalue weighted by atomic mass is 9.92. The van der Waals surface area contributed by atoms with E-state index in [2.05, 4.69) is 6.58 Å². The molecule has 0 aromatic rings. The van der Waals surface area contributed by atoms with Crippen LogP contribution in [0.25, 0.3) is 0 Å². The van der Waals surface area contributed by atoms with Crippen LogP contribution in [0.3, 0.4) is 0 Å². The van der Waals surface area contributed by atoms with Gasteiger partial charge in [0, 0.05) is 13.0 Å². The summed E-state index contributed by atoms with van der Waals surface area (Å²) in [5.41, 5.74) is -1.41. The number of hydrogen-bond donors (Lipinski definition) is 2. The highest BCUT2D eigenvalue weighted by Gasteiger charge is 2.30. The van der Waals surface area contributed by atoms with Gasteiger partial charge in [0.15, 0.2) is 5.78 Å². The molecule has 0 aliphatic rings. The van der Waals surface area contributed by atoms with Crippen LogP contribution >= 0.6 is 0 Å². The lowest BCUT2D eigenvalue weighted by Crippen LogP contribution is -2.37. The van der Waals surface area contributed by atoms with Crippen molar-refractivity contribution in [2.45, 2.75) is 25.4 Å².